The van der Waals surface area contributed by atoms with Gasteiger partial charge in [0.25, 0.3) is 5.91 Å². The highest BCUT2D eigenvalue weighted by molar-refractivity contribution is 7.97. The van der Waals surface area contributed by atoms with Crippen LogP contribution < -0.4 is 5.32 Å². The molecule has 0 spiro atoms. The summed E-state index contributed by atoms with van der Waals surface area (Å²) >= 11 is 1.76. The fourth-order valence-corrected chi connectivity index (χ4v) is 3.23. The summed E-state index contributed by atoms with van der Waals surface area (Å²) in [5.41, 5.74) is 4.29. The van der Waals surface area contributed by atoms with Crippen molar-refractivity contribution in [2.45, 2.75) is 12.2 Å². The normalized spacial score (nSPS) is 10.8. The molecule has 0 aliphatic rings. The van der Waals surface area contributed by atoms with E-state index in [-0.39, 0.29) is 5.91 Å². The van der Waals surface area contributed by atoms with Gasteiger partial charge in [0.2, 0.25) is 0 Å². The number of fused-ring (bicyclic) bond motifs is 1. The standard InChI is InChI=1S/C19H20N2OS/c1-23-13-14-5-4-6-15(11-14)19(22)20-10-9-16-12-21-18-8-3-2-7-17(16)18/h2-8,11-12,21H,9-10,13H2,1H3,(H,20,22). The number of H-pyrrole nitrogens is 1. The van der Waals surface area contributed by atoms with Crippen LogP contribution in [0, 0.1) is 0 Å². The molecule has 2 N–H and O–H groups in total. The van der Waals surface area contributed by atoms with Crippen LogP contribution in [0.3, 0.4) is 0 Å². The molecule has 2 aromatic carbocycles. The monoisotopic (exact) mass is 324 g/mol. The van der Waals surface area contributed by atoms with Crippen LogP contribution in [0.4, 0.5) is 0 Å². The molecule has 4 heteroatoms. The molecule has 0 fully saturated rings. The van der Waals surface area contributed by atoms with Crippen LogP contribution >= 0.6 is 11.8 Å². The number of hydrogen-bond donors (Lipinski definition) is 2. The maximum Gasteiger partial charge on any atom is 0.251 e. The van der Waals surface area contributed by atoms with Crippen LogP contribution in [0.2, 0.25) is 0 Å². The topological polar surface area (TPSA) is 44.9 Å². The molecule has 3 rings (SSSR count). The maximum atomic E-state index is 12.3. The number of rotatable bonds is 6. The molecule has 1 heterocycles. The summed E-state index contributed by atoms with van der Waals surface area (Å²) in [6.07, 6.45) is 4.91. The Balaban J connectivity index is 1.60. The third-order valence-electron chi connectivity index (χ3n) is 3.85. The number of thioether (sulfide) groups is 1. The van der Waals surface area contributed by atoms with Crippen molar-refractivity contribution < 1.29 is 4.79 Å². The van der Waals surface area contributed by atoms with E-state index in [2.05, 4.69) is 34.8 Å². The Labute approximate surface area is 140 Å². The first-order valence-electron chi connectivity index (χ1n) is 7.69. The number of benzene rings is 2. The van der Waals surface area contributed by atoms with E-state index in [1.165, 1.54) is 16.5 Å². The van der Waals surface area contributed by atoms with Crippen molar-refractivity contribution in [2.75, 3.05) is 12.8 Å². The van der Waals surface area contributed by atoms with Crippen LogP contribution in [0.1, 0.15) is 21.5 Å². The minimum atomic E-state index is -0.00667. The summed E-state index contributed by atoms with van der Waals surface area (Å²) in [6.45, 7) is 0.632. The number of carbonyl (C=O) groups excluding carboxylic acids is 1. The highest BCUT2D eigenvalue weighted by atomic mass is 32.2. The first-order valence-corrected chi connectivity index (χ1v) is 9.08. The van der Waals surface area contributed by atoms with E-state index in [9.17, 15) is 4.79 Å². The van der Waals surface area contributed by atoms with E-state index < -0.39 is 0 Å². The zero-order chi connectivity index (χ0) is 16.1. The molecule has 23 heavy (non-hydrogen) atoms. The van der Waals surface area contributed by atoms with Gasteiger partial charge in [0.15, 0.2) is 0 Å². The van der Waals surface area contributed by atoms with Gasteiger partial charge in [-0.1, -0.05) is 30.3 Å². The SMILES string of the molecule is CSCc1cccc(C(=O)NCCc2c[nH]c3ccccc23)c1. The number of amides is 1. The number of nitrogens with one attached hydrogen (secondary N) is 2. The molecule has 0 radical (unpaired) electrons. The molecule has 0 aliphatic heterocycles. The highest BCUT2D eigenvalue weighted by Gasteiger charge is 2.07. The molecule has 0 saturated carbocycles. The van der Waals surface area contributed by atoms with Crippen molar-refractivity contribution >= 4 is 28.6 Å². The lowest BCUT2D eigenvalue weighted by Crippen LogP contribution is -2.25. The smallest absolute Gasteiger partial charge is 0.251 e. The summed E-state index contributed by atoms with van der Waals surface area (Å²) in [4.78, 5) is 15.5. The number of para-hydroxylation sites is 1. The molecule has 0 unspecified atom stereocenters. The number of aromatic nitrogens is 1. The highest BCUT2D eigenvalue weighted by Crippen LogP contribution is 2.17. The Bertz CT molecular complexity index is 810. The van der Waals surface area contributed by atoms with Gasteiger partial charge in [0.1, 0.15) is 0 Å². The van der Waals surface area contributed by atoms with Gasteiger partial charge >= 0.3 is 0 Å². The second-order valence-electron chi connectivity index (χ2n) is 5.50. The molecular formula is C19H20N2OS. The molecular weight excluding hydrogens is 304 g/mol. The predicted molar refractivity (Wildman–Crippen MR) is 98.0 cm³/mol. The van der Waals surface area contributed by atoms with Gasteiger partial charge in [0, 0.05) is 35.0 Å². The van der Waals surface area contributed by atoms with Crippen LogP contribution in [-0.2, 0) is 12.2 Å². The lowest BCUT2D eigenvalue weighted by atomic mass is 10.1. The summed E-state index contributed by atoms with van der Waals surface area (Å²) in [6, 6.07) is 16.1. The van der Waals surface area contributed by atoms with E-state index in [1.807, 2.05) is 36.5 Å². The fourth-order valence-electron chi connectivity index (χ4n) is 2.72. The lowest BCUT2D eigenvalue weighted by molar-refractivity contribution is 0.0954. The zero-order valence-corrected chi connectivity index (χ0v) is 14.0. The van der Waals surface area contributed by atoms with E-state index in [1.54, 1.807) is 11.8 Å². The molecule has 3 nitrogen and oxygen atoms in total. The van der Waals surface area contributed by atoms with E-state index in [0.717, 1.165) is 23.3 Å². The van der Waals surface area contributed by atoms with Crippen molar-refractivity contribution in [1.82, 2.24) is 10.3 Å². The Morgan fingerprint density at radius 2 is 2.04 bits per heavy atom. The largest absolute Gasteiger partial charge is 0.361 e. The Hall–Kier alpha value is -2.20. The first-order chi connectivity index (χ1) is 11.3. The minimum Gasteiger partial charge on any atom is -0.361 e. The van der Waals surface area contributed by atoms with E-state index >= 15 is 0 Å². The van der Waals surface area contributed by atoms with Gasteiger partial charge in [-0.3, -0.25) is 4.79 Å². The maximum absolute atomic E-state index is 12.3. The quantitative estimate of drug-likeness (QED) is 0.720. The van der Waals surface area contributed by atoms with Gasteiger partial charge in [-0.15, -0.1) is 0 Å². The third-order valence-corrected chi connectivity index (χ3v) is 4.48. The van der Waals surface area contributed by atoms with Crippen LogP contribution in [-0.4, -0.2) is 23.7 Å². The molecule has 1 aromatic heterocycles. The second-order valence-corrected chi connectivity index (χ2v) is 6.36. The zero-order valence-electron chi connectivity index (χ0n) is 13.1. The van der Waals surface area contributed by atoms with E-state index in [0.29, 0.717) is 6.54 Å². The Kier molecular flexibility index (Phi) is 5.03. The summed E-state index contributed by atoms with van der Waals surface area (Å²) in [7, 11) is 0. The molecule has 0 bridgehead atoms. The van der Waals surface area contributed by atoms with Crippen LogP contribution in [0.5, 0.6) is 0 Å². The average Bonchev–Trinajstić information content (AvgIpc) is 2.99. The summed E-state index contributed by atoms with van der Waals surface area (Å²) in [5.74, 6) is 0.920. The number of carbonyl (C=O) groups is 1. The molecule has 118 valence electrons. The van der Waals surface area contributed by atoms with Crippen molar-refractivity contribution in [1.29, 1.82) is 0 Å². The van der Waals surface area contributed by atoms with Gasteiger partial charge < -0.3 is 10.3 Å². The average molecular weight is 324 g/mol. The number of hydrogen-bond acceptors (Lipinski definition) is 2. The van der Waals surface area contributed by atoms with Crippen LogP contribution in [0.25, 0.3) is 10.9 Å². The number of aromatic amines is 1. The second kappa shape index (κ2) is 7.38. The molecule has 0 atom stereocenters. The van der Waals surface area contributed by atoms with Gasteiger partial charge in [-0.25, -0.2) is 0 Å². The van der Waals surface area contributed by atoms with Gasteiger partial charge in [-0.05, 0) is 42.0 Å². The fraction of sp³-hybridized carbons (Fsp3) is 0.211. The Morgan fingerprint density at radius 1 is 1.17 bits per heavy atom. The van der Waals surface area contributed by atoms with Crippen molar-refractivity contribution in [3.63, 3.8) is 0 Å². The minimum absolute atomic E-state index is 0.00667. The lowest BCUT2D eigenvalue weighted by Gasteiger charge is -2.06. The first kappa shape index (κ1) is 15.7. The molecule has 0 saturated heterocycles. The Morgan fingerprint density at radius 3 is 2.91 bits per heavy atom. The van der Waals surface area contributed by atoms with Crippen molar-refractivity contribution in [3.8, 4) is 0 Å². The van der Waals surface area contributed by atoms with Gasteiger partial charge in [0.05, 0.1) is 0 Å². The predicted octanol–water partition coefficient (Wildman–Crippen LogP) is 4.00. The van der Waals surface area contributed by atoms with E-state index in [4.69, 9.17) is 0 Å². The molecule has 3 aromatic rings. The summed E-state index contributed by atoms with van der Waals surface area (Å²) in [5, 5.41) is 4.24. The molecule has 0 aliphatic carbocycles. The van der Waals surface area contributed by atoms with Crippen molar-refractivity contribution in [3.05, 3.63) is 71.4 Å². The van der Waals surface area contributed by atoms with Crippen LogP contribution in [0.15, 0.2) is 54.7 Å². The molecule has 1 amide bonds. The summed E-state index contributed by atoms with van der Waals surface area (Å²) < 4.78 is 0. The van der Waals surface area contributed by atoms with Crippen molar-refractivity contribution in [2.24, 2.45) is 0 Å². The third kappa shape index (κ3) is 3.77. The van der Waals surface area contributed by atoms with Gasteiger partial charge in [-0.2, -0.15) is 11.8 Å².